The first-order valence-corrected chi connectivity index (χ1v) is 11.9. The Bertz CT molecular complexity index is 1190. The summed E-state index contributed by atoms with van der Waals surface area (Å²) in [7, 11) is 0. The van der Waals surface area contributed by atoms with Crippen molar-refractivity contribution < 1.29 is 14.3 Å². The van der Waals surface area contributed by atoms with Crippen LogP contribution < -0.4 is 4.74 Å². The molecule has 1 fully saturated rings. The molecule has 0 aromatic heterocycles. The summed E-state index contributed by atoms with van der Waals surface area (Å²) in [4.78, 5) is 27.0. The third-order valence-corrected chi connectivity index (χ3v) is 6.91. The Labute approximate surface area is 208 Å². The predicted molar refractivity (Wildman–Crippen MR) is 133 cm³/mol. The van der Waals surface area contributed by atoms with Crippen molar-refractivity contribution in [3.05, 3.63) is 103 Å². The van der Waals surface area contributed by atoms with Gasteiger partial charge in [0.25, 0.3) is 11.1 Å². The van der Waals surface area contributed by atoms with Crippen LogP contribution in [-0.2, 0) is 17.9 Å². The quantitative estimate of drug-likeness (QED) is 0.298. The summed E-state index contributed by atoms with van der Waals surface area (Å²) in [6.45, 7) is 0.396. The maximum atomic E-state index is 13.0. The number of amides is 2. The average molecular weight is 549 g/mol. The molecule has 3 aromatic rings. The third kappa shape index (κ3) is 5.21. The first-order valence-electron chi connectivity index (χ1n) is 9.57. The lowest BCUT2D eigenvalue weighted by molar-refractivity contribution is -0.123. The number of imide groups is 1. The summed E-state index contributed by atoms with van der Waals surface area (Å²) in [5, 5.41) is 0.449. The fourth-order valence-corrected chi connectivity index (χ4v) is 4.70. The molecule has 3 aromatic carbocycles. The van der Waals surface area contributed by atoms with Crippen molar-refractivity contribution in [2.45, 2.75) is 13.2 Å². The normalized spacial score (nSPS) is 15.0. The number of hydrogen-bond donors (Lipinski definition) is 0. The lowest BCUT2D eigenvalue weighted by atomic mass is 10.1. The highest BCUT2D eigenvalue weighted by Crippen LogP contribution is 2.36. The number of benzene rings is 3. The molecule has 1 heterocycles. The zero-order valence-electron chi connectivity index (χ0n) is 16.6. The van der Waals surface area contributed by atoms with E-state index >= 15 is 0 Å². The molecule has 0 N–H and O–H groups in total. The van der Waals surface area contributed by atoms with Gasteiger partial charge in [-0.25, -0.2) is 0 Å². The summed E-state index contributed by atoms with van der Waals surface area (Å²) in [5.74, 6) is 0.232. The van der Waals surface area contributed by atoms with Gasteiger partial charge in [0.1, 0.15) is 12.4 Å². The Morgan fingerprint density at radius 2 is 1.62 bits per heavy atom. The molecule has 2 amide bonds. The number of carbonyl (C=O) groups is 2. The van der Waals surface area contributed by atoms with Crippen LogP contribution in [0.3, 0.4) is 0 Å². The molecule has 0 radical (unpaired) electrons. The number of nitrogens with zero attached hydrogens (tertiary/aromatic N) is 1. The van der Waals surface area contributed by atoms with Gasteiger partial charge in [0, 0.05) is 25.6 Å². The molecule has 162 valence electrons. The lowest BCUT2D eigenvalue weighted by Crippen LogP contribution is -2.27. The number of halogens is 3. The van der Waals surface area contributed by atoms with Gasteiger partial charge in [-0.1, -0.05) is 75.5 Å². The molecule has 32 heavy (non-hydrogen) atoms. The van der Waals surface area contributed by atoms with Gasteiger partial charge in [-0.05, 0) is 53.7 Å². The fraction of sp³-hybridized carbons (Fsp3) is 0.0833. The number of hydrogen-bond acceptors (Lipinski definition) is 4. The Kier molecular flexibility index (Phi) is 7.26. The Morgan fingerprint density at radius 1 is 0.938 bits per heavy atom. The number of carbonyl (C=O) groups excluding carboxylic acids is 2. The highest BCUT2D eigenvalue weighted by molar-refractivity contribution is 9.10. The van der Waals surface area contributed by atoms with Crippen LogP contribution in [0, 0.1) is 0 Å². The van der Waals surface area contributed by atoms with Crippen molar-refractivity contribution in [1.29, 1.82) is 0 Å². The SMILES string of the molecule is O=C1S/C(=C\c2ccccc2OCc2ccc(Br)cc2)C(=O)N1Cc1c(Cl)cccc1Cl. The lowest BCUT2D eigenvalue weighted by Gasteiger charge is -2.14. The second-order valence-corrected chi connectivity index (χ2v) is 9.64. The fourth-order valence-electron chi connectivity index (χ4n) is 3.09. The van der Waals surface area contributed by atoms with Crippen LogP contribution in [0.5, 0.6) is 5.75 Å². The zero-order chi connectivity index (χ0) is 22.7. The Morgan fingerprint density at radius 3 is 2.34 bits per heavy atom. The Balaban J connectivity index is 1.53. The number of thioether (sulfide) groups is 1. The monoisotopic (exact) mass is 547 g/mol. The van der Waals surface area contributed by atoms with Gasteiger partial charge < -0.3 is 4.74 Å². The smallest absolute Gasteiger partial charge is 0.293 e. The van der Waals surface area contributed by atoms with Crippen LogP contribution in [0.1, 0.15) is 16.7 Å². The van der Waals surface area contributed by atoms with Crippen molar-refractivity contribution in [1.82, 2.24) is 4.90 Å². The van der Waals surface area contributed by atoms with E-state index in [9.17, 15) is 9.59 Å². The molecular weight excluding hydrogens is 533 g/mol. The molecule has 1 aliphatic rings. The van der Waals surface area contributed by atoms with Crippen LogP contribution in [-0.4, -0.2) is 16.0 Å². The number of ether oxygens (including phenoxy) is 1. The molecule has 8 heteroatoms. The zero-order valence-corrected chi connectivity index (χ0v) is 20.5. The summed E-state index contributed by atoms with van der Waals surface area (Å²) < 4.78 is 6.97. The first kappa shape index (κ1) is 22.9. The molecule has 1 aliphatic heterocycles. The van der Waals surface area contributed by atoms with Crippen molar-refractivity contribution in [3.63, 3.8) is 0 Å². The largest absolute Gasteiger partial charge is 0.488 e. The van der Waals surface area contributed by atoms with Crippen molar-refractivity contribution in [2.75, 3.05) is 0 Å². The second-order valence-electron chi connectivity index (χ2n) is 6.92. The van der Waals surface area contributed by atoms with E-state index in [2.05, 4.69) is 15.9 Å². The molecule has 0 unspecified atom stereocenters. The van der Waals surface area contributed by atoms with E-state index in [1.165, 1.54) is 0 Å². The van der Waals surface area contributed by atoms with Gasteiger partial charge in [-0.15, -0.1) is 0 Å². The van der Waals surface area contributed by atoms with Gasteiger partial charge >= 0.3 is 0 Å². The van der Waals surface area contributed by atoms with Crippen LogP contribution in [0.15, 0.2) is 76.1 Å². The molecule has 0 saturated carbocycles. The standard InChI is InChI=1S/C24H16BrCl2NO3S/c25-17-10-8-15(9-11-17)14-31-21-7-2-1-4-16(21)12-22-23(29)28(24(30)32-22)13-18-19(26)5-3-6-20(18)27/h1-12H,13-14H2/b22-12-. The minimum atomic E-state index is -0.390. The molecule has 1 saturated heterocycles. The van der Waals surface area contributed by atoms with E-state index in [4.69, 9.17) is 27.9 Å². The van der Waals surface area contributed by atoms with Crippen molar-refractivity contribution in [3.8, 4) is 5.75 Å². The van der Waals surface area contributed by atoms with Crippen LogP contribution in [0.25, 0.3) is 6.08 Å². The average Bonchev–Trinajstić information content (AvgIpc) is 3.04. The van der Waals surface area contributed by atoms with Crippen molar-refractivity contribution >= 4 is 68.1 Å². The van der Waals surface area contributed by atoms with E-state index in [1.807, 2.05) is 48.5 Å². The van der Waals surface area contributed by atoms with Crippen LogP contribution >= 0.6 is 50.9 Å². The molecule has 0 spiro atoms. The van der Waals surface area contributed by atoms with Gasteiger partial charge in [-0.3, -0.25) is 14.5 Å². The second kappa shape index (κ2) is 10.1. The van der Waals surface area contributed by atoms with Gasteiger partial charge in [-0.2, -0.15) is 0 Å². The minimum Gasteiger partial charge on any atom is -0.488 e. The third-order valence-electron chi connectivity index (χ3n) is 4.76. The number of para-hydroxylation sites is 1. The van der Waals surface area contributed by atoms with E-state index in [0.29, 0.717) is 38.4 Å². The Hall–Kier alpha value is -2.25. The van der Waals surface area contributed by atoms with E-state index in [1.54, 1.807) is 24.3 Å². The van der Waals surface area contributed by atoms with Crippen molar-refractivity contribution in [2.24, 2.45) is 0 Å². The highest BCUT2D eigenvalue weighted by atomic mass is 79.9. The first-order chi connectivity index (χ1) is 15.4. The maximum Gasteiger partial charge on any atom is 0.293 e. The molecular formula is C24H16BrCl2NO3S. The maximum absolute atomic E-state index is 13.0. The molecule has 4 rings (SSSR count). The molecule has 0 atom stereocenters. The van der Waals surface area contributed by atoms with E-state index in [0.717, 1.165) is 26.7 Å². The summed E-state index contributed by atoms with van der Waals surface area (Å²) in [6.07, 6.45) is 1.68. The van der Waals surface area contributed by atoms with Gasteiger partial charge in [0.05, 0.1) is 11.4 Å². The minimum absolute atomic E-state index is 0.0161. The molecule has 4 nitrogen and oxygen atoms in total. The van der Waals surface area contributed by atoms with Crippen LogP contribution in [0.4, 0.5) is 4.79 Å². The highest BCUT2D eigenvalue weighted by Gasteiger charge is 2.35. The molecule has 0 bridgehead atoms. The van der Waals surface area contributed by atoms with E-state index in [-0.39, 0.29) is 11.8 Å². The molecule has 0 aliphatic carbocycles. The predicted octanol–water partition coefficient (Wildman–Crippen LogP) is 7.57. The van der Waals surface area contributed by atoms with E-state index < -0.39 is 5.91 Å². The van der Waals surface area contributed by atoms with Gasteiger partial charge in [0.2, 0.25) is 0 Å². The number of rotatable bonds is 6. The van der Waals surface area contributed by atoms with Crippen LogP contribution in [0.2, 0.25) is 10.0 Å². The van der Waals surface area contributed by atoms with Gasteiger partial charge in [0.15, 0.2) is 0 Å². The topological polar surface area (TPSA) is 46.6 Å². The summed E-state index contributed by atoms with van der Waals surface area (Å²) in [5.41, 5.74) is 2.27. The summed E-state index contributed by atoms with van der Waals surface area (Å²) in [6, 6.07) is 20.3. The summed E-state index contributed by atoms with van der Waals surface area (Å²) >= 11 is 16.7.